The van der Waals surface area contributed by atoms with Crippen molar-refractivity contribution in [3.63, 3.8) is 0 Å². The Morgan fingerprint density at radius 2 is 1.80 bits per heavy atom. The van der Waals surface area contributed by atoms with Crippen LogP contribution in [-0.4, -0.2) is 30.9 Å². The zero-order valence-electron chi connectivity index (χ0n) is 16.5. The summed E-state index contributed by atoms with van der Waals surface area (Å²) in [5.41, 5.74) is 2.61. The first-order valence-corrected chi connectivity index (χ1v) is 9.03. The number of hydrogen-bond acceptors (Lipinski definition) is 5. The van der Waals surface area contributed by atoms with E-state index in [1.54, 1.807) is 38.5 Å². The first-order chi connectivity index (χ1) is 14.5. The number of aromatic nitrogens is 1. The van der Waals surface area contributed by atoms with Crippen LogP contribution in [0.25, 0.3) is 16.0 Å². The fourth-order valence-electron chi connectivity index (χ4n) is 2.85. The maximum absolute atomic E-state index is 12.4. The summed E-state index contributed by atoms with van der Waals surface area (Å²) >= 11 is 0. The SMILES string of the molecule is [C-]#[N+]c1ccc(NC(=O)CC(=O)c2ccc(-c3ccc(OC)cc3OC)cc2)cn1. The lowest BCUT2D eigenvalue weighted by molar-refractivity contribution is -0.115. The summed E-state index contributed by atoms with van der Waals surface area (Å²) in [5.74, 6) is 0.834. The molecule has 2 aromatic carbocycles. The molecule has 1 N–H and O–H groups in total. The van der Waals surface area contributed by atoms with Crippen LogP contribution in [0.5, 0.6) is 11.5 Å². The number of benzene rings is 2. The minimum absolute atomic E-state index is 0.234. The average molecular weight is 401 g/mol. The van der Waals surface area contributed by atoms with Gasteiger partial charge in [-0.05, 0) is 29.8 Å². The summed E-state index contributed by atoms with van der Waals surface area (Å²) in [7, 11) is 3.17. The number of ether oxygens (including phenoxy) is 2. The van der Waals surface area contributed by atoms with Crippen LogP contribution < -0.4 is 14.8 Å². The Bertz CT molecular complexity index is 1100. The van der Waals surface area contributed by atoms with Crippen molar-refractivity contribution in [3.8, 4) is 22.6 Å². The highest BCUT2D eigenvalue weighted by Crippen LogP contribution is 2.33. The average Bonchev–Trinajstić information content (AvgIpc) is 2.79. The highest BCUT2D eigenvalue weighted by molar-refractivity contribution is 6.11. The number of methoxy groups -OCH3 is 2. The smallest absolute Gasteiger partial charge is 0.269 e. The Morgan fingerprint density at radius 1 is 1.03 bits per heavy atom. The second-order valence-electron chi connectivity index (χ2n) is 6.31. The summed E-state index contributed by atoms with van der Waals surface area (Å²) < 4.78 is 10.6. The fourth-order valence-corrected chi connectivity index (χ4v) is 2.85. The van der Waals surface area contributed by atoms with Crippen molar-refractivity contribution in [2.45, 2.75) is 6.42 Å². The molecule has 0 saturated heterocycles. The molecule has 0 unspecified atom stereocenters. The van der Waals surface area contributed by atoms with Crippen LogP contribution in [-0.2, 0) is 4.79 Å². The van der Waals surface area contributed by atoms with E-state index in [0.29, 0.717) is 22.7 Å². The quantitative estimate of drug-likeness (QED) is 0.357. The lowest BCUT2D eigenvalue weighted by Crippen LogP contribution is -2.16. The van der Waals surface area contributed by atoms with Gasteiger partial charge in [0.25, 0.3) is 5.82 Å². The van der Waals surface area contributed by atoms with Crippen LogP contribution in [0.15, 0.2) is 60.8 Å². The van der Waals surface area contributed by atoms with Crippen molar-refractivity contribution in [2.75, 3.05) is 19.5 Å². The summed E-state index contributed by atoms with van der Waals surface area (Å²) in [6.07, 6.45) is 1.09. The molecule has 3 aromatic rings. The third-order valence-electron chi connectivity index (χ3n) is 4.39. The van der Waals surface area contributed by atoms with E-state index in [2.05, 4.69) is 15.1 Å². The van der Waals surface area contributed by atoms with Crippen LogP contribution in [0.4, 0.5) is 11.5 Å². The topological polar surface area (TPSA) is 81.9 Å². The second kappa shape index (κ2) is 9.34. The molecule has 1 heterocycles. The second-order valence-corrected chi connectivity index (χ2v) is 6.31. The minimum atomic E-state index is -0.446. The Labute approximate surface area is 174 Å². The molecule has 1 aromatic heterocycles. The lowest BCUT2D eigenvalue weighted by atomic mass is 10.0. The number of nitrogens with zero attached hydrogens (tertiary/aromatic N) is 2. The van der Waals surface area contributed by atoms with Crippen LogP contribution in [0.1, 0.15) is 16.8 Å². The predicted molar refractivity (Wildman–Crippen MR) is 113 cm³/mol. The number of Topliss-reactive ketones (excluding diaryl/α,β-unsaturated/α-hetero) is 1. The zero-order valence-corrected chi connectivity index (χ0v) is 16.5. The molecule has 30 heavy (non-hydrogen) atoms. The van der Waals surface area contributed by atoms with Crippen molar-refractivity contribution in [3.05, 3.63) is 77.8 Å². The summed E-state index contributed by atoms with van der Waals surface area (Å²) in [6.45, 7) is 6.87. The van der Waals surface area contributed by atoms with Gasteiger partial charge >= 0.3 is 0 Å². The van der Waals surface area contributed by atoms with Gasteiger partial charge in [0.2, 0.25) is 5.91 Å². The van der Waals surface area contributed by atoms with E-state index in [4.69, 9.17) is 16.0 Å². The monoisotopic (exact) mass is 401 g/mol. The van der Waals surface area contributed by atoms with Gasteiger partial charge in [-0.3, -0.25) is 9.59 Å². The molecular formula is C23H19N3O4. The Balaban J connectivity index is 1.67. The van der Waals surface area contributed by atoms with Crippen molar-refractivity contribution in [1.29, 1.82) is 0 Å². The fraction of sp³-hybridized carbons (Fsp3) is 0.130. The lowest BCUT2D eigenvalue weighted by Gasteiger charge is -2.11. The summed E-state index contributed by atoms with van der Waals surface area (Å²) in [5, 5.41) is 2.60. The van der Waals surface area contributed by atoms with Gasteiger partial charge in [0.05, 0.1) is 26.3 Å². The molecule has 0 aliphatic rings. The molecule has 0 aliphatic heterocycles. The normalized spacial score (nSPS) is 10.0. The molecular weight excluding hydrogens is 382 g/mol. The van der Waals surface area contributed by atoms with Gasteiger partial charge < -0.3 is 19.6 Å². The van der Waals surface area contributed by atoms with Crippen molar-refractivity contribution < 1.29 is 19.1 Å². The van der Waals surface area contributed by atoms with Gasteiger partial charge in [-0.15, -0.1) is 4.98 Å². The molecule has 0 atom stereocenters. The third-order valence-corrected chi connectivity index (χ3v) is 4.39. The van der Waals surface area contributed by atoms with Crippen molar-refractivity contribution in [2.24, 2.45) is 0 Å². The van der Waals surface area contributed by atoms with Crippen LogP contribution in [0, 0.1) is 6.57 Å². The highest BCUT2D eigenvalue weighted by atomic mass is 16.5. The summed E-state index contributed by atoms with van der Waals surface area (Å²) in [6, 6.07) is 15.6. The minimum Gasteiger partial charge on any atom is -0.497 e. The number of carbonyl (C=O) groups is 2. The van der Waals surface area contributed by atoms with Gasteiger partial charge in [-0.2, -0.15) is 0 Å². The molecule has 0 bridgehead atoms. The molecule has 0 aliphatic carbocycles. The van der Waals surface area contributed by atoms with Crippen LogP contribution >= 0.6 is 0 Å². The molecule has 0 radical (unpaired) electrons. The first kappa shape index (κ1) is 20.6. The van der Waals surface area contributed by atoms with Crippen LogP contribution in [0.3, 0.4) is 0 Å². The number of anilines is 1. The van der Waals surface area contributed by atoms with E-state index < -0.39 is 5.91 Å². The van der Waals surface area contributed by atoms with E-state index in [1.807, 2.05) is 24.3 Å². The molecule has 7 nitrogen and oxygen atoms in total. The molecule has 1 amide bonds. The highest BCUT2D eigenvalue weighted by Gasteiger charge is 2.14. The molecule has 7 heteroatoms. The van der Waals surface area contributed by atoms with Gasteiger partial charge in [0, 0.05) is 17.2 Å². The number of hydrogen-bond donors (Lipinski definition) is 1. The predicted octanol–water partition coefficient (Wildman–Crippen LogP) is 4.53. The number of rotatable bonds is 7. The Hall–Kier alpha value is -4.18. The maximum atomic E-state index is 12.4. The Morgan fingerprint density at radius 3 is 2.40 bits per heavy atom. The van der Waals surface area contributed by atoms with E-state index in [-0.39, 0.29) is 18.0 Å². The van der Waals surface area contributed by atoms with Crippen LogP contribution in [0.2, 0.25) is 0 Å². The standard InChI is InChI=1S/C23H19N3O4/c1-24-22-11-8-17(14-25-22)26-23(28)13-20(27)16-6-4-15(5-7-16)19-10-9-18(29-2)12-21(19)30-3/h4-12,14H,13H2,2-3H3,(H,26,28). The molecule has 150 valence electrons. The molecule has 3 rings (SSSR count). The Kier molecular flexibility index (Phi) is 6.40. The third kappa shape index (κ3) is 4.80. The van der Waals surface area contributed by atoms with E-state index in [9.17, 15) is 9.59 Å². The van der Waals surface area contributed by atoms with Gasteiger partial charge in [0.1, 0.15) is 17.7 Å². The maximum Gasteiger partial charge on any atom is 0.269 e. The number of nitrogens with one attached hydrogen (secondary N) is 1. The van der Waals surface area contributed by atoms with Crippen molar-refractivity contribution in [1.82, 2.24) is 4.98 Å². The first-order valence-electron chi connectivity index (χ1n) is 9.03. The largest absolute Gasteiger partial charge is 0.497 e. The molecule has 0 saturated carbocycles. The zero-order chi connectivity index (χ0) is 21.5. The number of carbonyl (C=O) groups excluding carboxylic acids is 2. The van der Waals surface area contributed by atoms with Crippen molar-refractivity contribution >= 4 is 23.2 Å². The molecule has 0 fully saturated rings. The van der Waals surface area contributed by atoms with Gasteiger partial charge in [-0.1, -0.05) is 30.8 Å². The van der Waals surface area contributed by atoms with E-state index in [0.717, 1.165) is 11.1 Å². The van der Waals surface area contributed by atoms with E-state index >= 15 is 0 Å². The molecule has 0 spiro atoms. The summed E-state index contributed by atoms with van der Waals surface area (Å²) in [4.78, 5) is 31.6. The van der Waals surface area contributed by atoms with Gasteiger partial charge in [-0.25, -0.2) is 0 Å². The number of pyridine rings is 1. The number of amides is 1. The number of ketones is 1. The van der Waals surface area contributed by atoms with Gasteiger partial charge in [0.15, 0.2) is 5.78 Å². The van der Waals surface area contributed by atoms with E-state index in [1.165, 1.54) is 12.3 Å².